The third-order valence-corrected chi connectivity index (χ3v) is 5.80. The first-order chi connectivity index (χ1) is 15.4. The monoisotopic (exact) mass is 510 g/mol. The van der Waals surface area contributed by atoms with Crippen LogP contribution < -0.4 is 23.7 Å². The average molecular weight is 511 g/mol. The van der Waals surface area contributed by atoms with Crippen molar-refractivity contribution in [2.24, 2.45) is 5.92 Å². The molecule has 0 radical (unpaired) electrons. The van der Waals surface area contributed by atoms with Crippen molar-refractivity contribution in [3.63, 3.8) is 0 Å². The second kappa shape index (κ2) is 9.99. The van der Waals surface area contributed by atoms with Gasteiger partial charge in [0.1, 0.15) is 0 Å². The molecule has 1 unspecified atom stereocenters. The molecule has 0 saturated carbocycles. The fourth-order valence-electron chi connectivity index (χ4n) is 3.63. The Morgan fingerprint density at radius 2 is 1.38 bits per heavy atom. The molecule has 0 amide bonds. The van der Waals surface area contributed by atoms with Crippen molar-refractivity contribution in [3.8, 4) is 28.7 Å². The Balaban J connectivity index is 2.31. The van der Waals surface area contributed by atoms with Crippen LogP contribution in [-0.2, 0) is 19.1 Å². The highest BCUT2D eigenvalue weighted by molar-refractivity contribution is 9.10. The second-order valence-corrected chi connectivity index (χ2v) is 7.54. The molecule has 0 saturated heterocycles. The summed E-state index contributed by atoms with van der Waals surface area (Å²) in [4.78, 5) is 25.6. The number of carbonyl (C=O) groups is 2. The first-order valence-electron chi connectivity index (χ1n) is 9.44. The van der Waals surface area contributed by atoms with E-state index in [9.17, 15) is 9.59 Å². The lowest BCUT2D eigenvalue weighted by Crippen LogP contribution is -2.33. The number of methoxy groups -OCH3 is 5. The van der Waals surface area contributed by atoms with Crippen LogP contribution in [0.15, 0.2) is 28.7 Å². The predicted molar refractivity (Wildman–Crippen MR) is 116 cm³/mol. The third-order valence-electron chi connectivity index (χ3n) is 5.12. The molecule has 1 aliphatic heterocycles. The SMILES string of the molecule is COC(=O)C(C(=O)OC)C(c1cc(OC)c(OC)c(OC)c1)c1cc2c(cc1Br)OCO2. The van der Waals surface area contributed by atoms with Crippen LogP contribution in [0.2, 0.25) is 0 Å². The van der Waals surface area contributed by atoms with Crippen molar-refractivity contribution in [3.05, 3.63) is 39.9 Å². The number of ether oxygens (including phenoxy) is 7. The molecule has 9 nitrogen and oxygen atoms in total. The Morgan fingerprint density at radius 1 is 0.844 bits per heavy atom. The van der Waals surface area contributed by atoms with E-state index in [0.717, 1.165) is 0 Å². The Morgan fingerprint density at radius 3 is 1.84 bits per heavy atom. The molecule has 0 aliphatic carbocycles. The fraction of sp³-hybridized carbons (Fsp3) is 0.364. The van der Waals surface area contributed by atoms with Crippen LogP contribution in [0.25, 0.3) is 0 Å². The number of esters is 2. The van der Waals surface area contributed by atoms with E-state index in [2.05, 4.69) is 15.9 Å². The smallest absolute Gasteiger partial charge is 0.321 e. The summed E-state index contributed by atoms with van der Waals surface area (Å²) >= 11 is 3.53. The highest BCUT2D eigenvalue weighted by atomic mass is 79.9. The van der Waals surface area contributed by atoms with Crippen molar-refractivity contribution in [2.45, 2.75) is 5.92 Å². The predicted octanol–water partition coefficient (Wildman–Crippen LogP) is 3.30. The van der Waals surface area contributed by atoms with E-state index in [1.54, 1.807) is 24.3 Å². The number of halogens is 1. The fourth-order valence-corrected chi connectivity index (χ4v) is 4.20. The van der Waals surface area contributed by atoms with Gasteiger partial charge in [0, 0.05) is 10.4 Å². The summed E-state index contributed by atoms with van der Waals surface area (Å²) in [6.07, 6.45) is 0. The lowest BCUT2D eigenvalue weighted by molar-refractivity contribution is -0.159. The van der Waals surface area contributed by atoms with Gasteiger partial charge in [0.15, 0.2) is 28.9 Å². The van der Waals surface area contributed by atoms with Crippen LogP contribution in [0.1, 0.15) is 17.0 Å². The van der Waals surface area contributed by atoms with E-state index in [-0.39, 0.29) is 6.79 Å². The summed E-state index contributed by atoms with van der Waals surface area (Å²) in [5, 5.41) is 0. The highest BCUT2D eigenvalue weighted by Crippen LogP contribution is 2.47. The molecule has 1 heterocycles. The summed E-state index contributed by atoms with van der Waals surface area (Å²) in [6.45, 7) is 0.0670. The zero-order valence-corrected chi connectivity index (χ0v) is 19.8. The molecule has 3 rings (SSSR count). The minimum Gasteiger partial charge on any atom is -0.493 e. The largest absolute Gasteiger partial charge is 0.493 e. The standard InChI is InChI=1S/C22H23BrO9/c1-26-16-6-11(7-17(27-2)20(16)28-3)18(19(21(24)29-4)22(25)30-5)12-8-14-15(9-13(12)23)32-10-31-14/h6-9,18-19H,10H2,1-5H3. The topological polar surface area (TPSA) is 98.8 Å². The average Bonchev–Trinajstić information content (AvgIpc) is 3.27. The summed E-state index contributed by atoms with van der Waals surface area (Å²) in [5.41, 5.74) is 1.10. The van der Waals surface area contributed by atoms with Crippen LogP contribution in [0.5, 0.6) is 28.7 Å². The number of fused-ring (bicyclic) bond motifs is 1. The number of benzene rings is 2. The number of rotatable bonds is 8. The van der Waals surface area contributed by atoms with Gasteiger partial charge in [-0.3, -0.25) is 9.59 Å². The number of carbonyl (C=O) groups excluding carboxylic acids is 2. The minimum absolute atomic E-state index is 0.0670. The zero-order valence-electron chi connectivity index (χ0n) is 18.2. The highest BCUT2D eigenvalue weighted by Gasteiger charge is 2.41. The van der Waals surface area contributed by atoms with Gasteiger partial charge < -0.3 is 33.2 Å². The van der Waals surface area contributed by atoms with Gasteiger partial charge >= 0.3 is 11.9 Å². The van der Waals surface area contributed by atoms with Crippen molar-refractivity contribution in [1.82, 2.24) is 0 Å². The summed E-state index contributed by atoms with van der Waals surface area (Å²) in [7, 11) is 6.85. The van der Waals surface area contributed by atoms with Gasteiger partial charge in [-0.05, 0) is 35.4 Å². The number of hydrogen-bond acceptors (Lipinski definition) is 9. The lowest BCUT2D eigenvalue weighted by Gasteiger charge is -2.26. The maximum atomic E-state index is 12.8. The summed E-state index contributed by atoms with van der Waals surface area (Å²) in [5.74, 6) is -1.60. The molecule has 0 fully saturated rings. The molecular weight excluding hydrogens is 488 g/mol. The first-order valence-corrected chi connectivity index (χ1v) is 10.2. The molecular formula is C22H23BrO9. The normalized spacial score (nSPS) is 12.8. The molecule has 0 bridgehead atoms. The van der Waals surface area contributed by atoms with E-state index in [4.69, 9.17) is 33.2 Å². The molecule has 1 aliphatic rings. The number of hydrogen-bond donors (Lipinski definition) is 0. The quantitative estimate of drug-likeness (QED) is 0.391. The van der Waals surface area contributed by atoms with Gasteiger partial charge in [0.25, 0.3) is 0 Å². The van der Waals surface area contributed by atoms with Gasteiger partial charge in [-0.2, -0.15) is 0 Å². The van der Waals surface area contributed by atoms with Crippen molar-refractivity contribution in [1.29, 1.82) is 0 Å². The van der Waals surface area contributed by atoms with Gasteiger partial charge in [-0.15, -0.1) is 0 Å². The molecule has 32 heavy (non-hydrogen) atoms. The Kier molecular flexibility index (Phi) is 7.34. The van der Waals surface area contributed by atoms with Gasteiger partial charge in [-0.1, -0.05) is 15.9 Å². The van der Waals surface area contributed by atoms with Gasteiger partial charge in [0.2, 0.25) is 12.5 Å². The van der Waals surface area contributed by atoms with E-state index < -0.39 is 23.8 Å². The zero-order chi connectivity index (χ0) is 23.4. The van der Waals surface area contributed by atoms with E-state index in [0.29, 0.717) is 44.3 Å². The Hall–Kier alpha value is -3.14. The lowest BCUT2D eigenvalue weighted by atomic mass is 9.80. The van der Waals surface area contributed by atoms with Gasteiger partial charge in [0.05, 0.1) is 35.5 Å². The van der Waals surface area contributed by atoms with E-state index in [1.165, 1.54) is 35.5 Å². The third kappa shape index (κ3) is 4.27. The van der Waals surface area contributed by atoms with Crippen LogP contribution in [-0.4, -0.2) is 54.3 Å². The van der Waals surface area contributed by atoms with Crippen LogP contribution in [0.4, 0.5) is 0 Å². The second-order valence-electron chi connectivity index (χ2n) is 6.69. The molecule has 0 aromatic heterocycles. The minimum atomic E-state index is -1.33. The van der Waals surface area contributed by atoms with E-state index >= 15 is 0 Å². The molecule has 0 N–H and O–H groups in total. The molecule has 1 atom stereocenters. The van der Waals surface area contributed by atoms with Crippen LogP contribution >= 0.6 is 15.9 Å². The molecule has 2 aromatic carbocycles. The van der Waals surface area contributed by atoms with E-state index in [1.807, 2.05) is 0 Å². The summed E-state index contributed by atoms with van der Waals surface area (Å²) < 4.78 is 37.8. The van der Waals surface area contributed by atoms with Crippen molar-refractivity contribution >= 4 is 27.9 Å². The first kappa shape index (κ1) is 23.5. The van der Waals surface area contributed by atoms with Gasteiger partial charge in [-0.25, -0.2) is 0 Å². The molecule has 172 valence electrons. The Bertz CT molecular complexity index is 980. The molecule has 10 heteroatoms. The van der Waals surface area contributed by atoms with Crippen molar-refractivity contribution in [2.75, 3.05) is 42.3 Å². The Labute approximate surface area is 193 Å². The van der Waals surface area contributed by atoms with Crippen LogP contribution in [0, 0.1) is 5.92 Å². The van der Waals surface area contributed by atoms with Crippen molar-refractivity contribution < 1.29 is 42.7 Å². The molecule has 2 aromatic rings. The molecule has 0 spiro atoms. The maximum Gasteiger partial charge on any atom is 0.321 e. The summed E-state index contributed by atoms with van der Waals surface area (Å²) in [6, 6.07) is 6.76. The maximum absolute atomic E-state index is 12.8. The van der Waals surface area contributed by atoms with Crippen LogP contribution in [0.3, 0.4) is 0 Å².